The van der Waals surface area contributed by atoms with Gasteiger partial charge in [-0.1, -0.05) is 6.07 Å². The topological polar surface area (TPSA) is 50.2 Å². The zero-order valence-electron chi connectivity index (χ0n) is 8.60. The van der Waals surface area contributed by atoms with E-state index in [-0.39, 0.29) is 0 Å². The minimum atomic E-state index is -0.679. The smallest absolute Gasteiger partial charge is 0.303 e. The maximum atomic E-state index is 10.6. The van der Waals surface area contributed by atoms with E-state index >= 15 is 0 Å². The van der Waals surface area contributed by atoms with E-state index in [1.165, 1.54) is 0 Å². The molecule has 3 heteroatoms. The molecule has 0 bridgehead atoms. The fourth-order valence-electron chi connectivity index (χ4n) is 2.39. The average Bonchev–Trinajstić information content (AvgIpc) is 2.67. The van der Waals surface area contributed by atoms with E-state index in [4.69, 9.17) is 5.11 Å². The number of carbonyl (C=O) groups is 1. The van der Waals surface area contributed by atoms with Gasteiger partial charge >= 0.3 is 5.97 Å². The van der Waals surface area contributed by atoms with Crippen molar-refractivity contribution in [2.75, 3.05) is 0 Å². The molecule has 1 aromatic rings. The van der Waals surface area contributed by atoms with Gasteiger partial charge in [-0.25, -0.2) is 0 Å². The third-order valence-corrected chi connectivity index (χ3v) is 3.11. The lowest BCUT2D eigenvalue weighted by Crippen LogP contribution is -2.04. The van der Waals surface area contributed by atoms with Crippen molar-refractivity contribution < 1.29 is 9.90 Å². The van der Waals surface area contributed by atoms with Gasteiger partial charge in [-0.3, -0.25) is 9.78 Å². The summed E-state index contributed by atoms with van der Waals surface area (Å²) in [6.45, 7) is 0. The summed E-state index contributed by atoms with van der Waals surface area (Å²) in [6.07, 6.45) is 5.19. The van der Waals surface area contributed by atoms with Crippen molar-refractivity contribution in [2.45, 2.75) is 31.6 Å². The molecule has 1 fully saturated rings. The molecule has 80 valence electrons. The molecule has 1 aliphatic rings. The summed E-state index contributed by atoms with van der Waals surface area (Å²) >= 11 is 0. The first-order valence-electron chi connectivity index (χ1n) is 5.38. The van der Waals surface area contributed by atoms with E-state index in [1.807, 2.05) is 18.2 Å². The van der Waals surface area contributed by atoms with E-state index in [1.54, 1.807) is 6.20 Å². The standard InChI is InChI=1S/C12H15NO2/c14-12(15)8-9-4-5-10(7-9)11-3-1-2-6-13-11/h1-3,6,9-10H,4-5,7-8H2,(H,14,15). The van der Waals surface area contributed by atoms with Crippen molar-refractivity contribution >= 4 is 5.97 Å². The fourth-order valence-corrected chi connectivity index (χ4v) is 2.39. The number of nitrogens with zero attached hydrogens (tertiary/aromatic N) is 1. The van der Waals surface area contributed by atoms with Crippen LogP contribution in [0.1, 0.15) is 37.3 Å². The Labute approximate surface area is 89.2 Å². The molecule has 1 saturated carbocycles. The van der Waals surface area contributed by atoms with Crippen LogP contribution >= 0.6 is 0 Å². The van der Waals surface area contributed by atoms with Crippen molar-refractivity contribution in [1.82, 2.24) is 4.98 Å². The molecule has 3 nitrogen and oxygen atoms in total. The molecule has 0 radical (unpaired) electrons. The van der Waals surface area contributed by atoms with Crippen LogP contribution in [-0.2, 0) is 4.79 Å². The molecular weight excluding hydrogens is 190 g/mol. The van der Waals surface area contributed by atoms with Crippen LogP contribution in [0.3, 0.4) is 0 Å². The second-order valence-corrected chi connectivity index (χ2v) is 4.23. The maximum Gasteiger partial charge on any atom is 0.303 e. The molecule has 2 unspecified atom stereocenters. The molecule has 1 heterocycles. The van der Waals surface area contributed by atoms with Crippen LogP contribution in [0.25, 0.3) is 0 Å². The summed E-state index contributed by atoms with van der Waals surface area (Å²) < 4.78 is 0. The molecule has 0 spiro atoms. The Morgan fingerprint density at radius 2 is 2.33 bits per heavy atom. The third-order valence-electron chi connectivity index (χ3n) is 3.11. The quantitative estimate of drug-likeness (QED) is 0.824. The molecule has 15 heavy (non-hydrogen) atoms. The summed E-state index contributed by atoms with van der Waals surface area (Å²) in [5.41, 5.74) is 1.12. The van der Waals surface area contributed by atoms with Gasteiger partial charge in [0.15, 0.2) is 0 Å². The number of carboxylic acid groups (broad SMARTS) is 1. The van der Waals surface area contributed by atoms with Gasteiger partial charge in [0, 0.05) is 24.2 Å². The molecule has 0 aromatic carbocycles. The van der Waals surface area contributed by atoms with Gasteiger partial charge in [0.2, 0.25) is 0 Å². The Kier molecular flexibility index (Phi) is 2.99. The Hall–Kier alpha value is -1.38. The number of hydrogen-bond acceptors (Lipinski definition) is 2. The van der Waals surface area contributed by atoms with Gasteiger partial charge in [0.1, 0.15) is 0 Å². The Morgan fingerprint density at radius 1 is 1.47 bits per heavy atom. The zero-order valence-corrected chi connectivity index (χ0v) is 8.60. The lowest BCUT2D eigenvalue weighted by molar-refractivity contribution is -0.138. The molecule has 2 atom stereocenters. The highest BCUT2D eigenvalue weighted by molar-refractivity contribution is 5.67. The summed E-state index contributed by atoms with van der Waals surface area (Å²) in [5.74, 6) is 0.131. The summed E-state index contributed by atoms with van der Waals surface area (Å²) in [4.78, 5) is 14.9. The molecule has 1 aliphatic carbocycles. The highest BCUT2D eigenvalue weighted by Crippen LogP contribution is 2.38. The number of aromatic nitrogens is 1. The second kappa shape index (κ2) is 4.43. The molecule has 0 amide bonds. The molecule has 0 saturated heterocycles. The van der Waals surface area contributed by atoms with Gasteiger partial charge in [0.05, 0.1) is 0 Å². The van der Waals surface area contributed by atoms with Gasteiger partial charge < -0.3 is 5.11 Å². The van der Waals surface area contributed by atoms with Gasteiger partial charge in [-0.2, -0.15) is 0 Å². The van der Waals surface area contributed by atoms with E-state index in [2.05, 4.69) is 4.98 Å². The van der Waals surface area contributed by atoms with E-state index in [0.717, 1.165) is 25.0 Å². The Balaban J connectivity index is 1.96. The third kappa shape index (κ3) is 2.55. The number of carboxylic acids is 1. The molecule has 2 rings (SSSR count). The SMILES string of the molecule is O=C(O)CC1CCC(c2ccccn2)C1. The normalized spacial score (nSPS) is 25.3. The van der Waals surface area contributed by atoms with Gasteiger partial charge in [-0.05, 0) is 37.3 Å². The highest BCUT2D eigenvalue weighted by Gasteiger charge is 2.27. The minimum absolute atomic E-state index is 0.309. The van der Waals surface area contributed by atoms with E-state index in [0.29, 0.717) is 18.3 Å². The van der Waals surface area contributed by atoms with Crippen LogP contribution in [0.2, 0.25) is 0 Å². The van der Waals surface area contributed by atoms with Gasteiger partial charge in [-0.15, -0.1) is 0 Å². The van der Waals surface area contributed by atoms with Crippen molar-refractivity contribution in [1.29, 1.82) is 0 Å². The van der Waals surface area contributed by atoms with Crippen molar-refractivity contribution in [3.63, 3.8) is 0 Å². The van der Waals surface area contributed by atoms with Crippen molar-refractivity contribution in [3.05, 3.63) is 30.1 Å². The van der Waals surface area contributed by atoms with E-state index < -0.39 is 5.97 Å². The first-order chi connectivity index (χ1) is 7.25. The average molecular weight is 205 g/mol. The van der Waals surface area contributed by atoms with Crippen LogP contribution in [0.15, 0.2) is 24.4 Å². The number of rotatable bonds is 3. The fraction of sp³-hybridized carbons (Fsp3) is 0.500. The summed E-state index contributed by atoms with van der Waals surface area (Å²) in [5, 5.41) is 8.72. The van der Waals surface area contributed by atoms with Crippen LogP contribution in [-0.4, -0.2) is 16.1 Å². The monoisotopic (exact) mass is 205 g/mol. The maximum absolute atomic E-state index is 10.6. The summed E-state index contributed by atoms with van der Waals surface area (Å²) in [7, 11) is 0. The van der Waals surface area contributed by atoms with Crippen LogP contribution in [0, 0.1) is 5.92 Å². The lowest BCUT2D eigenvalue weighted by Gasteiger charge is -2.08. The van der Waals surface area contributed by atoms with Crippen LogP contribution in [0.4, 0.5) is 0 Å². The van der Waals surface area contributed by atoms with Gasteiger partial charge in [0.25, 0.3) is 0 Å². The first-order valence-corrected chi connectivity index (χ1v) is 5.38. The van der Waals surface area contributed by atoms with Crippen LogP contribution in [0.5, 0.6) is 0 Å². The predicted octanol–water partition coefficient (Wildman–Crippen LogP) is 2.44. The van der Waals surface area contributed by atoms with E-state index in [9.17, 15) is 4.79 Å². The Morgan fingerprint density at radius 3 is 3.00 bits per heavy atom. The molecule has 0 aliphatic heterocycles. The largest absolute Gasteiger partial charge is 0.481 e. The lowest BCUT2D eigenvalue weighted by atomic mass is 9.99. The molecular formula is C12H15NO2. The van der Waals surface area contributed by atoms with Crippen molar-refractivity contribution in [3.8, 4) is 0 Å². The number of hydrogen-bond donors (Lipinski definition) is 1. The number of pyridine rings is 1. The second-order valence-electron chi connectivity index (χ2n) is 4.23. The highest BCUT2D eigenvalue weighted by atomic mass is 16.4. The summed E-state index contributed by atoms with van der Waals surface area (Å²) in [6, 6.07) is 5.94. The molecule has 1 aromatic heterocycles. The Bertz CT molecular complexity index is 337. The minimum Gasteiger partial charge on any atom is -0.481 e. The van der Waals surface area contributed by atoms with Crippen molar-refractivity contribution in [2.24, 2.45) is 5.92 Å². The molecule has 1 N–H and O–H groups in total. The zero-order chi connectivity index (χ0) is 10.7. The number of aliphatic carboxylic acids is 1. The predicted molar refractivity (Wildman–Crippen MR) is 56.6 cm³/mol. The van der Waals surface area contributed by atoms with Crippen LogP contribution < -0.4 is 0 Å². The first kappa shape index (κ1) is 10.1.